The van der Waals surface area contributed by atoms with Gasteiger partial charge in [0, 0.05) is 55.7 Å². The minimum absolute atomic E-state index is 0.907. The summed E-state index contributed by atoms with van der Waals surface area (Å²) in [5, 5.41) is 8.94. The van der Waals surface area contributed by atoms with Crippen molar-refractivity contribution in [1.82, 2.24) is 9.97 Å². The third kappa shape index (κ3) is 5.15. The van der Waals surface area contributed by atoms with Gasteiger partial charge >= 0.3 is 0 Å². The molecule has 11 aromatic rings. The van der Waals surface area contributed by atoms with E-state index in [0.717, 1.165) is 99.3 Å². The molecule has 0 aliphatic heterocycles. The molecule has 10 aromatic carbocycles. The number of anilines is 6. The molecule has 262 valence electrons. The molecular formula is C52H34N4. The number of hydrogen-bond acceptors (Lipinski definition) is 4. The van der Waals surface area contributed by atoms with Gasteiger partial charge in [-0.15, -0.1) is 0 Å². The Labute approximate surface area is 324 Å². The van der Waals surface area contributed by atoms with Crippen LogP contribution in [-0.2, 0) is 0 Å². The lowest BCUT2D eigenvalue weighted by molar-refractivity contribution is 1.29. The van der Waals surface area contributed by atoms with Crippen LogP contribution in [0.2, 0.25) is 0 Å². The zero-order chi connectivity index (χ0) is 37.0. The zero-order valence-electron chi connectivity index (χ0n) is 30.4. The van der Waals surface area contributed by atoms with Gasteiger partial charge in [-0.3, -0.25) is 0 Å². The van der Waals surface area contributed by atoms with Gasteiger partial charge in [0.05, 0.1) is 22.1 Å². The first-order chi connectivity index (χ1) is 27.8. The molecule has 0 aliphatic carbocycles. The number of nitrogens with zero attached hydrogens (tertiary/aromatic N) is 4. The van der Waals surface area contributed by atoms with E-state index >= 15 is 0 Å². The van der Waals surface area contributed by atoms with Crippen molar-refractivity contribution in [2.24, 2.45) is 0 Å². The maximum absolute atomic E-state index is 5.59. The van der Waals surface area contributed by atoms with Gasteiger partial charge in [0.15, 0.2) is 0 Å². The Morgan fingerprint density at radius 3 is 0.804 bits per heavy atom. The van der Waals surface area contributed by atoms with Crippen molar-refractivity contribution in [3.63, 3.8) is 0 Å². The molecule has 0 N–H and O–H groups in total. The Balaban J connectivity index is 1.18. The molecule has 0 spiro atoms. The van der Waals surface area contributed by atoms with Crippen molar-refractivity contribution >= 4 is 99.3 Å². The summed E-state index contributed by atoms with van der Waals surface area (Å²) in [5.74, 6) is 0. The second-order valence-corrected chi connectivity index (χ2v) is 14.2. The first-order valence-corrected chi connectivity index (χ1v) is 19.0. The van der Waals surface area contributed by atoms with E-state index in [9.17, 15) is 0 Å². The van der Waals surface area contributed by atoms with Crippen LogP contribution < -0.4 is 9.80 Å². The highest BCUT2D eigenvalue weighted by atomic mass is 15.1. The topological polar surface area (TPSA) is 32.3 Å². The van der Waals surface area contributed by atoms with E-state index in [1.165, 1.54) is 0 Å². The van der Waals surface area contributed by atoms with Gasteiger partial charge in [0.2, 0.25) is 0 Å². The van der Waals surface area contributed by atoms with E-state index in [1.807, 2.05) is 0 Å². The summed E-state index contributed by atoms with van der Waals surface area (Å²) in [6.07, 6.45) is 0. The number of fused-ring (bicyclic) bond motifs is 12. The summed E-state index contributed by atoms with van der Waals surface area (Å²) in [5.41, 5.74) is 10.2. The molecule has 4 nitrogen and oxygen atoms in total. The normalized spacial score (nSPS) is 11.6. The van der Waals surface area contributed by atoms with Crippen LogP contribution in [0.25, 0.3) is 65.2 Å². The zero-order valence-corrected chi connectivity index (χ0v) is 30.4. The van der Waals surface area contributed by atoms with Gasteiger partial charge in [0.1, 0.15) is 0 Å². The third-order valence-corrected chi connectivity index (χ3v) is 10.9. The first-order valence-electron chi connectivity index (χ1n) is 19.0. The second-order valence-electron chi connectivity index (χ2n) is 14.2. The average Bonchev–Trinajstić information content (AvgIpc) is 3.28. The molecular weight excluding hydrogens is 681 g/mol. The van der Waals surface area contributed by atoms with Crippen molar-refractivity contribution in [1.29, 1.82) is 0 Å². The Morgan fingerprint density at radius 2 is 0.482 bits per heavy atom. The van der Waals surface area contributed by atoms with Crippen molar-refractivity contribution in [3.05, 3.63) is 206 Å². The molecule has 0 saturated heterocycles. The molecule has 11 rings (SSSR count). The maximum atomic E-state index is 5.59. The highest BCUT2D eigenvalue weighted by Gasteiger charge is 2.20. The lowest BCUT2D eigenvalue weighted by Gasteiger charge is -2.26. The second kappa shape index (κ2) is 13.1. The van der Waals surface area contributed by atoms with Crippen molar-refractivity contribution in [2.75, 3.05) is 9.80 Å². The molecule has 0 bridgehead atoms. The third-order valence-electron chi connectivity index (χ3n) is 10.9. The van der Waals surface area contributed by atoms with Crippen LogP contribution in [0.15, 0.2) is 206 Å². The van der Waals surface area contributed by atoms with Crippen LogP contribution in [-0.4, -0.2) is 9.97 Å². The molecule has 1 heterocycles. The molecule has 0 aliphatic rings. The molecule has 56 heavy (non-hydrogen) atoms. The SMILES string of the molecule is c1ccc(N(c2ccccc2)c2ccc3c(c2)c2ccccc2c2nc4c5ccc(N(c6ccccc6)c6ccccc6)cc5c5ccccc5c4nc32)cc1. The Bertz CT molecular complexity index is 2940. The van der Waals surface area contributed by atoms with Crippen LogP contribution in [0.3, 0.4) is 0 Å². The summed E-state index contributed by atoms with van der Waals surface area (Å²) in [6.45, 7) is 0. The standard InChI is InChI=1S/C52H34N4/c1-5-17-35(18-6-1)55(36-19-7-2-8-20-36)39-29-31-45-47(33-39)41-25-13-15-27-43(41)49-51(45)53-50-44-28-16-14-26-42(44)48-34-40(30-32-46(48)52(50)54-49)56(37-21-9-3-10-22-37)38-23-11-4-12-24-38/h1-34H. The lowest BCUT2D eigenvalue weighted by Crippen LogP contribution is -2.09. The largest absolute Gasteiger partial charge is 0.310 e. The van der Waals surface area contributed by atoms with Gasteiger partial charge in [-0.25, -0.2) is 9.97 Å². The summed E-state index contributed by atoms with van der Waals surface area (Å²) in [6, 6.07) is 73.0. The monoisotopic (exact) mass is 714 g/mol. The van der Waals surface area contributed by atoms with Crippen molar-refractivity contribution in [2.45, 2.75) is 0 Å². The van der Waals surface area contributed by atoms with E-state index in [4.69, 9.17) is 9.97 Å². The fourth-order valence-corrected chi connectivity index (χ4v) is 8.44. The first kappa shape index (κ1) is 31.9. The molecule has 0 fully saturated rings. The van der Waals surface area contributed by atoms with Crippen LogP contribution in [0, 0.1) is 0 Å². The molecule has 0 atom stereocenters. The summed E-state index contributed by atoms with van der Waals surface area (Å²) in [4.78, 5) is 15.8. The van der Waals surface area contributed by atoms with Gasteiger partial charge in [-0.05, 0) is 94.3 Å². The van der Waals surface area contributed by atoms with Crippen LogP contribution in [0.5, 0.6) is 0 Å². The fraction of sp³-hybridized carbons (Fsp3) is 0. The van der Waals surface area contributed by atoms with Crippen LogP contribution in [0.4, 0.5) is 34.1 Å². The van der Waals surface area contributed by atoms with Gasteiger partial charge in [0.25, 0.3) is 0 Å². The molecule has 4 heteroatoms. The average molecular weight is 715 g/mol. The van der Waals surface area contributed by atoms with E-state index < -0.39 is 0 Å². The van der Waals surface area contributed by atoms with E-state index in [2.05, 4.69) is 216 Å². The Morgan fingerprint density at radius 1 is 0.214 bits per heavy atom. The number of para-hydroxylation sites is 4. The molecule has 0 unspecified atom stereocenters. The van der Waals surface area contributed by atoms with Gasteiger partial charge in [-0.1, -0.05) is 133 Å². The van der Waals surface area contributed by atoms with Gasteiger partial charge < -0.3 is 9.80 Å². The smallest absolute Gasteiger partial charge is 0.0979 e. The number of benzene rings is 10. The molecule has 0 amide bonds. The molecule has 0 saturated carbocycles. The number of rotatable bonds is 6. The predicted octanol–water partition coefficient (Wildman–Crippen LogP) is 14.3. The van der Waals surface area contributed by atoms with Crippen molar-refractivity contribution in [3.8, 4) is 0 Å². The summed E-state index contributed by atoms with van der Waals surface area (Å²) in [7, 11) is 0. The van der Waals surface area contributed by atoms with Gasteiger partial charge in [-0.2, -0.15) is 0 Å². The van der Waals surface area contributed by atoms with E-state index in [-0.39, 0.29) is 0 Å². The fourth-order valence-electron chi connectivity index (χ4n) is 8.44. The highest BCUT2D eigenvalue weighted by Crippen LogP contribution is 2.43. The highest BCUT2D eigenvalue weighted by molar-refractivity contribution is 6.29. The van der Waals surface area contributed by atoms with Crippen LogP contribution >= 0.6 is 0 Å². The quantitative estimate of drug-likeness (QED) is 0.127. The minimum atomic E-state index is 0.907. The van der Waals surface area contributed by atoms with E-state index in [0.29, 0.717) is 0 Å². The molecule has 0 radical (unpaired) electrons. The Kier molecular flexibility index (Phi) is 7.46. The Hall–Kier alpha value is -7.56. The minimum Gasteiger partial charge on any atom is -0.310 e. The maximum Gasteiger partial charge on any atom is 0.0979 e. The lowest BCUT2D eigenvalue weighted by atomic mass is 9.96. The van der Waals surface area contributed by atoms with E-state index in [1.54, 1.807) is 0 Å². The van der Waals surface area contributed by atoms with Crippen molar-refractivity contribution < 1.29 is 0 Å². The molecule has 1 aromatic heterocycles. The summed E-state index contributed by atoms with van der Waals surface area (Å²) >= 11 is 0. The predicted molar refractivity (Wildman–Crippen MR) is 236 cm³/mol. The van der Waals surface area contributed by atoms with Crippen LogP contribution in [0.1, 0.15) is 0 Å². The number of aromatic nitrogens is 2. The number of hydrogen-bond donors (Lipinski definition) is 0. The summed E-state index contributed by atoms with van der Waals surface area (Å²) < 4.78 is 0.